The molecule has 1 N–H and O–H groups in total. The van der Waals surface area contributed by atoms with Gasteiger partial charge in [-0.05, 0) is 39.3 Å². The summed E-state index contributed by atoms with van der Waals surface area (Å²) in [6.07, 6.45) is 5.71. The summed E-state index contributed by atoms with van der Waals surface area (Å²) in [5, 5.41) is 9.50. The van der Waals surface area contributed by atoms with Gasteiger partial charge in [0, 0.05) is 6.04 Å². The average molecular weight is 171 g/mol. The highest BCUT2D eigenvalue weighted by Crippen LogP contribution is 2.19. The van der Waals surface area contributed by atoms with Crippen molar-refractivity contribution < 1.29 is 5.11 Å². The van der Waals surface area contributed by atoms with Crippen LogP contribution in [0, 0.1) is 0 Å². The Hall–Kier alpha value is -0.0800. The highest BCUT2D eigenvalue weighted by atomic mass is 16.3. The molecule has 1 rings (SSSR count). The second-order valence-electron chi connectivity index (χ2n) is 3.93. The zero-order valence-corrected chi connectivity index (χ0v) is 8.29. The zero-order valence-electron chi connectivity index (χ0n) is 8.29. The first kappa shape index (κ1) is 10.0. The molecule has 1 heterocycles. The third kappa shape index (κ3) is 2.76. The molecular weight excluding hydrogens is 150 g/mol. The van der Waals surface area contributed by atoms with Crippen molar-refractivity contribution in [3.8, 4) is 0 Å². The van der Waals surface area contributed by atoms with Crippen LogP contribution in [0.1, 0.15) is 39.0 Å². The van der Waals surface area contributed by atoms with E-state index >= 15 is 0 Å². The number of piperidine rings is 1. The van der Waals surface area contributed by atoms with Crippen molar-refractivity contribution >= 4 is 0 Å². The summed E-state index contributed by atoms with van der Waals surface area (Å²) in [7, 11) is 2.17. The van der Waals surface area contributed by atoms with Gasteiger partial charge >= 0.3 is 0 Å². The molecule has 0 saturated carbocycles. The summed E-state index contributed by atoms with van der Waals surface area (Å²) in [6, 6.07) is 0.633. The van der Waals surface area contributed by atoms with Crippen LogP contribution in [-0.4, -0.2) is 35.7 Å². The van der Waals surface area contributed by atoms with Crippen molar-refractivity contribution in [3.63, 3.8) is 0 Å². The average Bonchev–Trinajstić information content (AvgIpc) is 2.09. The third-order valence-electron chi connectivity index (χ3n) is 2.94. The molecule has 1 saturated heterocycles. The van der Waals surface area contributed by atoms with E-state index in [-0.39, 0.29) is 6.10 Å². The minimum atomic E-state index is -0.0875. The Kier molecular flexibility index (Phi) is 4.02. The van der Waals surface area contributed by atoms with Gasteiger partial charge in [-0.1, -0.05) is 13.3 Å². The van der Waals surface area contributed by atoms with E-state index in [2.05, 4.69) is 11.9 Å². The highest BCUT2D eigenvalue weighted by molar-refractivity contribution is 4.76. The van der Waals surface area contributed by atoms with Crippen LogP contribution in [0.5, 0.6) is 0 Å². The lowest BCUT2D eigenvalue weighted by molar-refractivity contribution is 0.0920. The molecule has 0 aliphatic carbocycles. The molecule has 0 aromatic rings. The molecule has 72 valence electrons. The molecule has 0 amide bonds. The number of rotatable bonds is 3. The number of aliphatic hydroxyl groups excluding tert-OH is 1. The molecular formula is C10H21NO. The lowest BCUT2D eigenvalue weighted by Crippen LogP contribution is -2.38. The lowest BCUT2D eigenvalue weighted by atomic mass is 9.97. The molecule has 1 aliphatic rings. The molecule has 1 fully saturated rings. The van der Waals surface area contributed by atoms with Gasteiger partial charge in [0.25, 0.3) is 0 Å². The van der Waals surface area contributed by atoms with Crippen molar-refractivity contribution in [2.24, 2.45) is 0 Å². The molecule has 0 aromatic heterocycles. The van der Waals surface area contributed by atoms with Crippen molar-refractivity contribution in [2.45, 2.75) is 51.2 Å². The van der Waals surface area contributed by atoms with Crippen LogP contribution >= 0.6 is 0 Å². The van der Waals surface area contributed by atoms with E-state index in [1.165, 1.54) is 25.8 Å². The Labute approximate surface area is 75.6 Å². The summed E-state index contributed by atoms with van der Waals surface area (Å²) >= 11 is 0. The minimum absolute atomic E-state index is 0.0875. The van der Waals surface area contributed by atoms with Crippen molar-refractivity contribution in [1.29, 1.82) is 0 Å². The molecule has 2 atom stereocenters. The van der Waals surface area contributed by atoms with E-state index in [1.54, 1.807) is 0 Å². The van der Waals surface area contributed by atoms with Crippen molar-refractivity contribution in [1.82, 2.24) is 4.90 Å². The van der Waals surface area contributed by atoms with E-state index in [0.29, 0.717) is 6.04 Å². The van der Waals surface area contributed by atoms with Crippen molar-refractivity contribution in [3.05, 3.63) is 0 Å². The summed E-state index contributed by atoms with van der Waals surface area (Å²) in [5.41, 5.74) is 0. The van der Waals surface area contributed by atoms with Gasteiger partial charge in [-0.25, -0.2) is 0 Å². The SMILES string of the molecule is CCC(O)CC1CCCCN1C. The molecule has 1 aliphatic heterocycles. The predicted octanol–water partition coefficient (Wildman–Crippen LogP) is 1.63. The second kappa shape index (κ2) is 4.83. The fourth-order valence-corrected chi connectivity index (χ4v) is 1.92. The van der Waals surface area contributed by atoms with E-state index in [1.807, 2.05) is 6.92 Å². The predicted molar refractivity (Wildman–Crippen MR) is 51.2 cm³/mol. The maximum Gasteiger partial charge on any atom is 0.0552 e. The van der Waals surface area contributed by atoms with E-state index in [4.69, 9.17) is 0 Å². The molecule has 0 aromatic carbocycles. The van der Waals surface area contributed by atoms with E-state index in [9.17, 15) is 5.11 Å². The van der Waals surface area contributed by atoms with Gasteiger partial charge in [0.2, 0.25) is 0 Å². The molecule has 0 spiro atoms. The first-order chi connectivity index (χ1) is 5.74. The lowest BCUT2D eigenvalue weighted by Gasteiger charge is -2.33. The standard InChI is InChI=1S/C10H21NO/c1-3-10(12)8-9-6-4-5-7-11(9)2/h9-10,12H,3-8H2,1-2H3. The Morgan fingerprint density at radius 3 is 2.83 bits per heavy atom. The van der Waals surface area contributed by atoms with Crippen LogP contribution in [0.15, 0.2) is 0 Å². The molecule has 2 unspecified atom stereocenters. The fraction of sp³-hybridized carbons (Fsp3) is 1.00. The van der Waals surface area contributed by atoms with Gasteiger partial charge in [-0.15, -0.1) is 0 Å². The number of hydrogen-bond donors (Lipinski definition) is 1. The second-order valence-corrected chi connectivity index (χ2v) is 3.93. The number of hydrogen-bond acceptors (Lipinski definition) is 2. The van der Waals surface area contributed by atoms with Gasteiger partial charge in [-0.2, -0.15) is 0 Å². The Morgan fingerprint density at radius 2 is 2.25 bits per heavy atom. The minimum Gasteiger partial charge on any atom is -0.393 e. The molecule has 0 bridgehead atoms. The highest BCUT2D eigenvalue weighted by Gasteiger charge is 2.20. The Bertz CT molecular complexity index is 127. The quantitative estimate of drug-likeness (QED) is 0.697. The summed E-state index contributed by atoms with van der Waals surface area (Å²) in [6.45, 7) is 3.26. The normalized spacial score (nSPS) is 28.8. The first-order valence-electron chi connectivity index (χ1n) is 5.12. The van der Waals surface area contributed by atoms with Crippen LogP contribution in [0.3, 0.4) is 0 Å². The van der Waals surface area contributed by atoms with Gasteiger partial charge in [-0.3, -0.25) is 0 Å². The molecule has 12 heavy (non-hydrogen) atoms. The van der Waals surface area contributed by atoms with Crippen LogP contribution in [0.25, 0.3) is 0 Å². The van der Waals surface area contributed by atoms with Crippen LogP contribution in [0.4, 0.5) is 0 Å². The van der Waals surface area contributed by atoms with Crippen LogP contribution in [0.2, 0.25) is 0 Å². The smallest absolute Gasteiger partial charge is 0.0552 e. The number of aliphatic hydroxyl groups is 1. The number of likely N-dealkylation sites (tertiary alicyclic amines) is 1. The first-order valence-corrected chi connectivity index (χ1v) is 5.12. The zero-order chi connectivity index (χ0) is 8.97. The van der Waals surface area contributed by atoms with Crippen LogP contribution in [-0.2, 0) is 0 Å². The van der Waals surface area contributed by atoms with E-state index in [0.717, 1.165) is 12.8 Å². The number of nitrogens with zero attached hydrogens (tertiary/aromatic N) is 1. The fourth-order valence-electron chi connectivity index (χ4n) is 1.92. The Balaban J connectivity index is 2.28. The Morgan fingerprint density at radius 1 is 1.50 bits per heavy atom. The van der Waals surface area contributed by atoms with Crippen LogP contribution < -0.4 is 0 Å². The topological polar surface area (TPSA) is 23.5 Å². The monoisotopic (exact) mass is 171 g/mol. The molecule has 2 nitrogen and oxygen atoms in total. The summed E-state index contributed by atoms with van der Waals surface area (Å²) < 4.78 is 0. The molecule has 0 radical (unpaired) electrons. The maximum absolute atomic E-state index is 9.50. The maximum atomic E-state index is 9.50. The van der Waals surface area contributed by atoms with Gasteiger partial charge in [0.15, 0.2) is 0 Å². The molecule has 2 heteroatoms. The summed E-state index contributed by atoms with van der Waals surface area (Å²) in [5.74, 6) is 0. The summed E-state index contributed by atoms with van der Waals surface area (Å²) in [4.78, 5) is 2.39. The van der Waals surface area contributed by atoms with Crippen molar-refractivity contribution in [2.75, 3.05) is 13.6 Å². The van der Waals surface area contributed by atoms with Gasteiger partial charge < -0.3 is 10.0 Å². The largest absolute Gasteiger partial charge is 0.393 e. The van der Waals surface area contributed by atoms with E-state index < -0.39 is 0 Å². The third-order valence-corrected chi connectivity index (χ3v) is 2.94. The van der Waals surface area contributed by atoms with Gasteiger partial charge in [0.1, 0.15) is 0 Å². The van der Waals surface area contributed by atoms with Gasteiger partial charge in [0.05, 0.1) is 6.10 Å².